The summed E-state index contributed by atoms with van der Waals surface area (Å²) in [6.07, 6.45) is 23.6. The van der Waals surface area contributed by atoms with E-state index in [-0.39, 0.29) is 6.10 Å². The molecule has 3 aliphatic carbocycles. The van der Waals surface area contributed by atoms with Crippen molar-refractivity contribution in [3.8, 4) is 0 Å². The number of unbranched alkanes of at least 4 members (excludes halogenated alkanes) is 2. The Labute approximate surface area is 175 Å². The molecule has 3 rings (SSSR count). The zero-order chi connectivity index (χ0) is 19.8. The van der Waals surface area contributed by atoms with E-state index in [1.165, 1.54) is 109 Å². The van der Waals surface area contributed by atoms with Gasteiger partial charge in [0, 0.05) is 0 Å². The van der Waals surface area contributed by atoms with Gasteiger partial charge in [-0.25, -0.2) is 4.89 Å². The van der Waals surface area contributed by atoms with E-state index in [0.29, 0.717) is 11.8 Å². The minimum Gasteiger partial charge on any atom is -0.252 e. The highest BCUT2D eigenvalue weighted by molar-refractivity contribution is 4.87. The van der Waals surface area contributed by atoms with Crippen molar-refractivity contribution in [1.82, 2.24) is 0 Å². The molecule has 0 radical (unpaired) electrons. The normalized spacial score (nSPS) is 38.2. The van der Waals surface area contributed by atoms with Gasteiger partial charge in [-0.15, -0.1) is 0 Å². The van der Waals surface area contributed by atoms with Crippen LogP contribution in [0.4, 0.5) is 0 Å². The van der Waals surface area contributed by atoms with E-state index in [1.807, 2.05) is 0 Å². The SMILES string of the molecule is CCCCCC1CCC(C(OO)C2CCC(C3CCC(CC)CC3)CC2)CC1. The maximum atomic E-state index is 9.74. The van der Waals surface area contributed by atoms with Gasteiger partial charge in [-0.3, -0.25) is 5.26 Å². The molecule has 0 bridgehead atoms. The molecule has 2 heteroatoms. The molecule has 0 spiro atoms. The largest absolute Gasteiger partial charge is 0.252 e. The topological polar surface area (TPSA) is 29.5 Å². The molecule has 2 nitrogen and oxygen atoms in total. The van der Waals surface area contributed by atoms with Crippen LogP contribution < -0.4 is 0 Å². The highest BCUT2D eigenvalue weighted by Crippen LogP contribution is 2.45. The Kier molecular flexibility index (Phi) is 9.64. The maximum absolute atomic E-state index is 9.74. The standard InChI is InChI=1S/C26H48O2/c1-3-5-6-7-21-10-14-24(15-11-21)26(28-27)25-18-16-23(17-19-25)22-12-8-20(4-2)9-13-22/h20-27H,3-19H2,1-2H3. The van der Waals surface area contributed by atoms with Crippen LogP contribution in [-0.4, -0.2) is 11.4 Å². The highest BCUT2D eigenvalue weighted by atomic mass is 17.1. The number of rotatable bonds is 9. The van der Waals surface area contributed by atoms with Crippen molar-refractivity contribution in [2.45, 2.75) is 129 Å². The first-order chi connectivity index (χ1) is 13.7. The summed E-state index contributed by atoms with van der Waals surface area (Å²) in [6, 6.07) is 0. The van der Waals surface area contributed by atoms with Crippen LogP contribution in [-0.2, 0) is 4.89 Å². The van der Waals surface area contributed by atoms with E-state index in [1.54, 1.807) is 0 Å². The van der Waals surface area contributed by atoms with Crippen LogP contribution in [0.1, 0.15) is 123 Å². The minimum atomic E-state index is 0.119. The Balaban J connectivity index is 1.39. The fourth-order valence-electron chi connectivity index (χ4n) is 7.06. The molecule has 0 aromatic carbocycles. The van der Waals surface area contributed by atoms with Crippen molar-refractivity contribution in [1.29, 1.82) is 0 Å². The average molecular weight is 393 g/mol. The molecular formula is C26H48O2. The summed E-state index contributed by atoms with van der Waals surface area (Å²) in [4.78, 5) is 5.17. The van der Waals surface area contributed by atoms with E-state index in [2.05, 4.69) is 13.8 Å². The average Bonchev–Trinajstić information content (AvgIpc) is 2.76. The lowest BCUT2D eigenvalue weighted by molar-refractivity contribution is -0.307. The summed E-state index contributed by atoms with van der Waals surface area (Å²) in [7, 11) is 0. The molecule has 0 aliphatic heterocycles. The van der Waals surface area contributed by atoms with Crippen LogP contribution in [0.15, 0.2) is 0 Å². The van der Waals surface area contributed by atoms with Gasteiger partial charge in [0.15, 0.2) is 0 Å². The van der Waals surface area contributed by atoms with E-state index < -0.39 is 0 Å². The number of hydrogen-bond donors (Lipinski definition) is 1. The lowest BCUT2D eigenvalue weighted by Gasteiger charge is -2.41. The van der Waals surface area contributed by atoms with Crippen LogP contribution in [0.5, 0.6) is 0 Å². The van der Waals surface area contributed by atoms with Gasteiger partial charge in [-0.05, 0) is 86.9 Å². The van der Waals surface area contributed by atoms with Crippen molar-refractivity contribution in [3.63, 3.8) is 0 Å². The molecule has 0 amide bonds. The quantitative estimate of drug-likeness (QED) is 0.243. The molecule has 164 valence electrons. The van der Waals surface area contributed by atoms with E-state index in [4.69, 9.17) is 4.89 Å². The van der Waals surface area contributed by atoms with Crippen molar-refractivity contribution in [3.05, 3.63) is 0 Å². The third kappa shape index (κ3) is 6.21. The van der Waals surface area contributed by atoms with Crippen molar-refractivity contribution in [2.24, 2.45) is 35.5 Å². The third-order valence-corrected chi connectivity index (χ3v) is 9.11. The summed E-state index contributed by atoms with van der Waals surface area (Å²) in [5.41, 5.74) is 0. The molecule has 0 saturated heterocycles. The van der Waals surface area contributed by atoms with Gasteiger partial charge in [0.05, 0.1) is 6.10 Å². The van der Waals surface area contributed by atoms with E-state index in [9.17, 15) is 5.26 Å². The van der Waals surface area contributed by atoms with Crippen molar-refractivity contribution in [2.75, 3.05) is 0 Å². The second kappa shape index (κ2) is 11.9. The van der Waals surface area contributed by atoms with Crippen molar-refractivity contribution >= 4 is 0 Å². The Bertz CT molecular complexity index is 399. The molecule has 28 heavy (non-hydrogen) atoms. The Hall–Kier alpha value is -0.0800. The van der Waals surface area contributed by atoms with Crippen LogP contribution >= 0.6 is 0 Å². The fourth-order valence-corrected chi connectivity index (χ4v) is 7.06. The maximum Gasteiger partial charge on any atom is 0.0983 e. The fraction of sp³-hybridized carbons (Fsp3) is 1.00. The molecule has 1 unspecified atom stereocenters. The van der Waals surface area contributed by atoms with Crippen molar-refractivity contribution < 1.29 is 10.1 Å². The zero-order valence-corrected chi connectivity index (χ0v) is 18.9. The van der Waals surface area contributed by atoms with Gasteiger partial charge in [0.25, 0.3) is 0 Å². The Morgan fingerprint density at radius 3 is 1.68 bits per heavy atom. The summed E-state index contributed by atoms with van der Waals surface area (Å²) in [5.74, 6) is 5.12. The third-order valence-electron chi connectivity index (χ3n) is 9.11. The zero-order valence-electron chi connectivity index (χ0n) is 18.9. The second-order valence-electron chi connectivity index (χ2n) is 10.7. The predicted molar refractivity (Wildman–Crippen MR) is 118 cm³/mol. The molecule has 0 aromatic heterocycles. The summed E-state index contributed by atoms with van der Waals surface area (Å²) in [6.45, 7) is 4.66. The molecule has 1 N–H and O–H groups in total. The van der Waals surface area contributed by atoms with Crippen LogP contribution in [0, 0.1) is 35.5 Å². The molecule has 0 heterocycles. The first-order valence-electron chi connectivity index (χ1n) is 13.0. The first kappa shape index (κ1) is 22.6. The van der Waals surface area contributed by atoms with Gasteiger partial charge < -0.3 is 0 Å². The summed E-state index contributed by atoms with van der Waals surface area (Å²) < 4.78 is 0. The molecule has 3 saturated carbocycles. The second-order valence-corrected chi connectivity index (χ2v) is 10.7. The van der Waals surface area contributed by atoms with E-state index >= 15 is 0 Å². The van der Waals surface area contributed by atoms with Crippen LogP contribution in [0.25, 0.3) is 0 Å². The Morgan fingerprint density at radius 2 is 1.18 bits per heavy atom. The first-order valence-corrected chi connectivity index (χ1v) is 13.0. The summed E-state index contributed by atoms with van der Waals surface area (Å²) in [5, 5.41) is 9.74. The Morgan fingerprint density at radius 1 is 0.679 bits per heavy atom. The van der Waals surface area contributed by atoms with E-state index in [0.717, 1.165) is 23.7 Å². The van der Waals surface area contributed by atoms with Gasteiger partial charge >= 0.3 is 0 Å². The van der Waals surface area contributed by atoms with Gasteiger partial charge in [0.2, 0.25) is 0 Å². The van der Waals surface area contributed by atoms with Crippen LogP contribution in [0.3, 0.4) is 0 Å². The van der Waals surface area contributed by atoms with Crippen LogP contribution in [0.2, 0.25) is 0 Å². The molecule has 3 fully saturated rings. The van der Waals surface area contributed by atoms with Gasteiger partial charge in [-0.1, -0.05) is 71.6 Å². The molecule has 1 atom stereocenters. The molecule has 0 aromatic rings. The monoisotopic (exact) mass is 392 g/mol. The highest BCUT2D eigenvalue weighted by Gasteiger charge is 2.37. The minimum absolute atomic E-state index is 0.119. The number of hydrogen-bond acceptors (Lipinski definition) is 2. The lowest BCUT2D eigenvalue weighted by Crippen LogP contribution is -2.37. The molecular weight excluding hydrogens is 344 g/mol. The lowest BCUT2D eigenvalue weighted by atomic mass is 9.66. The van der Waals surface area contributed by atoms with Gasteiger partial charge in [0.1, 0.15) is 0 Å². The predicted octanol–water partition coefficient (Wildman–Crippen LogP) is 8.25. The smallest absolute Gasteiger partial charge is 0.0983 e. The summed E-state index contributed by atoms with van der Waals surface area (Å²) >= 11 is 0. The molecule has 3 aliphatic rings. The van der Waals surface area contributed by atoms with Gasteiger partial charge in [-0.2, -0.15) is 0 Å².